The minimum Gasteiger partial charge on any atom is -0.334 e. The summed E-state index contributed by atoms with van der Waals surface area (Å²) in [7, 11) is 0. The standard InChI is InChI=1S/C15H23N3O/c1-12(2)9-14-11-17-7-4-8-18(14)15(19)13-5-3-6-16-10-13/h3,5-6,10,12,14,17H,4,7-9,11H2,1-2H3. The van der Waals surface area contributed by atoms with Gasteiger partial charge in [0, 0.05) is 31.5 Å². The first-order valence-corrected chi connectivity index (χ1v) is 7.10. The maximum atomic E-state index is 12.6. The van der Waals surface area contributed by atoms with Gasteiger partial charge < -0.3 is 10.2 Å². The van der Waals surface area contributed by atoms with E-state index in [4.69, 9.17) is 0 Å². The molecule has 0 aromatic carbocycles. The molecule has 104 valence electrons. The third-order valence-electron chi connectivity index (χ3n) is 3.49. The Labute approximate surface area is 115 Å². The first kappa shape index (κ1) is 14.0. The fourth-order valence-corrected chi connectivity index (χ4v) is 2.61. The molecule has 0 aliphatic carbocycles. The summed E-state index contributed by atoms with van der Waals surface area (Å²) in [5.74, 6) is 0.705. The molecule has 0 radical (unpaired) electrons. The Morgan fingerprint density at radius 2 is 2.42 bits per heavy atom. The number of amides is 1. The summed E-state index contributed by atoms with van der Waals surface area (Å²) in [5, 5.41) is 3.43. The summed E-state index contributed by atoms with van der Waals surface area (Å²) in [6.07, 6.45) is 5.42. The van der Waals surface area contributed by atoms with E-state index in [0.29, 0.717) is 11.5 Å². The maximum Gasteiger partial charge on any atom is 0.255 e. The molecule has 0 saturated carbocycles. The summed E-state index contributed by atoms with van der Waals surface area (Å²) < 4.78 is 0. The molecule has 1 aliphatic rings. The maximum absolute atomic E-state index is 12.6. The largest absolute Gasteiger partial charge is 0.334 e. The van der Waals surface area contributed by atoms with E-state index in [1.54, 1.807) is 12.4 Å². The number of carbonyl (C=O) groups excluding carboxylic acids is 1. The molecule has 1 fully saturated rings. The fourth-order valence-electron chi connectivity index (χ4n) is 2.61. The van der Waals surface area contributed by atoms with Gasteiger partial charge >= 0.3 is 0 Å². The molecule has 1 aromatic rings. The molecule has 0 spiro atoms. The second-order valence-electron chi connectivity index (χ2n) is 5.58. The quantitative estimate of drug-likeness (QED) is 0.904. The number of rotatable bonds is 3. The van der Waals surface area contributed by atoms with Crippen LogP contribution in [0, 0.1) is 5.92 Å². The van der Waals surface area contributed by atoms with Gasteiger partial charge in [0.15, 0.2) is 0 Å². The Morgan fingerprint density at radius 1 is 1.58 bits per heavy atom. The van der Waals surface area contributed by atoms with Crippen molar-refractivity contribution in [2.24, 2.45) is 5.92 Å². The van der Waals surface area contributed by atoms with E-state index in [2.05, 4.69) is 24.1 Å². The van der Waals surface area contributed by atoms with Crippen molar-refractivity contribution < 1.29 is 4.79 Å². The average Bonchev–Trinajstić information content (AvgIpc) is 2.64. The topological polar surface area (TPSA) is 45.2 Å². The molecule has 1 atom stereocenters. The Bertz CT molecular complexity index is 405. The number of hydrogen-bond donors (Lipinski definition) is 1. The van der Waals surface area contributed by atoms with E-state index in [9.17, 15) is 4.79 Å². The predicted octanol–water partition coefficient (Wildman–Crippen LogP) is 1.93. The second-order valence-corrected chi connectivity index (χ2v) is 5.58. The summed E-state index contributed by atoms with van der Waals surface area (Å²) in [6, 6.07) is 3.95. The number of aromatic nitrogens is 1. The van der Waals surface area contributed by atoms with Gasteiger partial charge in [0.25, 0.3) is 5.91 Å². The molecule has 1 aromatic heterocycles. The van der Waals surface area contributed by atoms with E-state index in [1.807, 2.05) is 17.0 Å². The average molecular weight is 261 g/mol. The van der Waals surface area contributed by atoms with Crippen LogP contribution >= 0.6 is 0 Å². The highest BCUT2D eigenvalue weighted by molar-refractivity contribution is 5.94. The third kappa shape index (κ3) is 3.77. The van der Waals surface area contributed by atoms with Crippen LogP contribution in [0.1, 0.15) is 37.0 Å². The van der Waals surface area contributed by atoms with Crippen molar-refractivity contribution in [3.05, 3.63) is 30.1 Å². The molecule has 4 nitrogen and oxygen atoms in total. The van der Waals surface area contributed by atoms with Crippen LogP contribution in [-0.2, 0) is 0 Å². The van der Waals surface area contributed by atoms with Crippen LogP contribution in [0.5, 0.6) is 0 Å². The Hall–Kier alpha value is -1.42. The van der Waals surface area contributed by atoms with Crippen LogP contribution in [0.3, 0.4) is 0 Å². The normalized spacial score (nSPS) is 20.4. The minimum atomic E-state index is 0.113. The number of pyridine rings is 1. The van der Waals surface area contributed by atoms with E-state index in [-0.39, 0.29) is 11.9 Å². The molecule has 2 rings (SSSR count). The summed E-state index contributed by atoms with van der Waals surface area (Å²) in [4.78, 5) is 18.7. The lowest BCUT2D eigenvalue weighted by atomic mass is 10.0. The molecule has 1 aliphatic heterocycles. The molecule has 1 amide bonds. The highest BCUT2D eigenvalue weighted by Crippen LogP contribution is 2.16. The molecular weight excluding hydrogens is 238 g/mol. The monoisotopic (exact) mass is 261 g/mol. The molecule has 1 saturated heterocycles. The number of carbonyl (C=O) groups is 1. The van der Waals surface area contributed by atoms with Crippen molar-refractivity contribution in [2.45, 2.75) is 32.7 Å². The second kappa shape index (κ2) is 6.66. The lowest BCUT2D eigenvalue weighted by Gasteiger charge is -2.31. The third-order valence-corrected chi connectivity index (χ3v) is 3.49. The van der Waals surface area contributed by atoms with E-state index in [0.717, 1.165) is 32.5 Å². The van der Waals surface area contributed by atoms with Gasteiger partial charge in [0.1, 0.15) is 0 Å². The predicted molar refractivity (Wildman–Crippen MR) is 76.0 cm³/mol. The molecular formula is C15H23N3O. The number of nitrogens with one attached hydrogen (secondary N) is 1. The minimum absolute atomic E-state index is 0.113. The Kier molecular flexibility index (Phi) is 4.91. The van der Waals surface area contributed by atoms with Gasteiger partial charge in [-0.15, -0.1) is 0 Å². The number of nitrogens with zero attached hydrogens (tertiary/aromatic N) is 2. The van der Waals surface area contributed by atoms with Crippen molar-refractivity contribution in [1.82, 2.24) is 15.2 Å². The lowest BCUT2D eigenvalue weighted by Crippen LogP contribution is -2.44. The highest BCUT2D eigenvalue weighted by Gasteiger charge is 2.26. The van der Waals surface area contributed by atoms with Crippen LogP contribution in [0.2, 0.25) is 0 Å². The van der Waals surface area contributed by atoms with Gasteiger partial charge in [0.05, 0.1) is 5.56 Å². The SMILES string of the molecule is CC(C)CC1CNCCCN1C(=O)c1cccnc1. The molecule has 1 unspecified atom stereocenters. The van der Waals surface area contributed by atoms with Crippen LogP contribution in [0.4, 0.5) is 0 Å². The highest BCUT2D eigenvalue weighted by atomic mass is 16.2. The van der Waals surface area contributed by atoms with Crippen LogP contribution in [0.15, 0.2) is 24.5 Å². The molecule has 4 heteroatoms. The van der Waals surface area contributed by atoms with Crippen molar-refractivity contribution in [1.29, 1.82) is 0 Å². The van der Waals surface area contributed by atoms with Gasteiger partial charge in [-0.05, 0) is 37.4 Å². The molecule has 0 bridgehead atoms. The Balaban J connectivity index is 2.15. The van der Waals surface area contributed by atoms with Gasteiger partial charge in [-0.1, -0.05) is 13.8 Å². The van der Waals surface area contributed by atoms with Crippen LogP contribution < -0.4 is 5.32 Å². The fraction of sp³-hybridized carbons (Fsp3) is 0.600. The van der Waals surface area contributed by atoms with Crippen LogP contribution in [0.25, 0.3) is 0 Å². The van der Waals surface area contributed by atoms with Crippen molar-refractivity contribution in [2.75, 3.05) is 19.6 Å². The summed E-state index contributed by atoms with van der Waals surface area (Å²) in [5.41, 5.74) is 0.693. The van der Waals surface area contributed by atoms with Crippen LogP contribution in [-0.4, -0.2) is 41.5 Å². The first-order chi connectivity index (χ1) is 9.18. The van der Waals surface area contributed by atoms with Gasteiger partial charge in [-0.25, -0.2) is 0 Å². The van der Waals surface area contributed by atoms with E-state index < -0.39 is 0 Å². The van der Waals surface area contributed by atoms with Crippen molar-refractivity contribution in [3.8, 4) is 0 Å². The van der Waals surface area contributed by atoms with Crippen molar-refractivity contribution >= 4 is 5.91 Å². The smallest absolute Gasteiger partial charge is 0.255 e. The summed E-state index contributed by atoms with van der Waals surface area (Å²) >= 11 is 0. The first-order valence-electron chi connectivity index (χ1n) is 7.10. The van der Waals surface area contributed by atoms with E-state index in [1.165, 1.54) is 0 Å². The molecule has 1 N–H and O–H groups in total. The van der Waals surface area contributed by atoms with Gasteiger partial charge in [0.2, 0.25) is 0 Å². The molecule has 2 heterocycles. The lowest BCUT2D eigenvalue weighted by molar-refractivity contribution is 0.0672. The zero-order valence-electron chi connectivity index (χ0n) is 11.8. The zero-order chi connectivity index (χ0) is 13.7. The Morgan fingerprint density at radius 3 is 3.11 bits per heavy atom. The van der Waals surface area contributed by atoms with Gasteiger partial charge in [-0.2, -0.15) is 0 Å². The number of hydrogen-bond acceptors (Lipinski definition) is 3. The summed E-state index contributed by atoms with van der Waals surface area (Å²) in [6.45, 7) is 7.13. The zero-order valence-corrected chi connectivity index (χ0v) is 11.8. The van der Waals surface area contributed by atoms with Crippen molar-refractivity contribution in [3.63, 3.8) is 0 Å². The van der Waals surface area contributed by atoms with Gasteiger partial charge in [-0.3, -0.25) is 9.78 Å². The molecule has 19 heavy (non-hydrogen) atoms. The van der Waals surface area contributed by atoms with E-state index >= 15 is 0 Å².